The Balaban J connectivity index is 1.62. The molecule has 2 aliphatic rings. The lowest BCUT2D eigenvalue weighted by molar-refractivity contribution is -0.116. The van der Waals surface area contributed by atoms with E-state index in [0.29, 0.717) is 36.5 Å². The number of carbonyl (C=O) groups is 1. The molecule has 1 aliphatic heterocycles. The predicted octanol–water partition coefficient (Wildman–Crippen LogP) is 1.94. The number of ether oxygens (including phenoxy) is 2. The molecule has 0 aromatic heterocycles. The highest BCUT2D eigenvalue weighted by molar-refractivity contribution is 6.14. The average molecular weight is 387 g/mol. The molecule has 7 nitrogen and oxygen atoms in total. The molecule has 1 aliphatic carbocycles. The standard InChI is InChI=1S/C21H29N3O4/c1-27-20-4-3-15(13-21(20)28-2)16-11-18(25)17(19(26)12-16)14-23-7-10-24-8-5-22-6-9-24/h3-4,13-14,16,22,25H,5-12H2,1-2H3. The van der Waals surface area contributed by atoms with Crippen molar-refractivity contribution >= 4 is 12.0 Å². The van der Waals surface area contributed by atoms with E-state index >= 15 is 0 Å². The number of nitrogens with zero attached hydrogens (tertiary/aromatic N) is 2. The zero-order valence-corrected chi connectivity index (χ0v) is 16.6. The first-order valence-electron chi connectivity index (χ1n) is 9.72. The summed E-state index contributed by atoms with van der Waals surface area (Å²) in [5.41, 5.74) is 1.30. The molecular formula is C21H29N3O4. The van der Waals surface area contributed by atoms with Crippen molar-refractivity contribution in [3.05, 3.63) is 35.1 Å². The molecule has 0 spiro atoms. The van der Waals surface area contributed by atoms with Crippen molar-refractivity contribution < 1.29 is 19.4 Å². The molecule has 1 aromatic rings. The van der Waals surface area contributed by atoms with Gasteiger partial charge in [0.15, 0.2) is 17.3 Å². The summed E-state index contributed by atoms with van der Waals surface area (Å²) in [5, 5.41) is 13.8. The fourth-order valence-electron chi connectivity index (χ4n) is 3.69. The summed E-state index contributed by atoms with van der Waals surface area (Å²) in [6.45, 7) is 5.56. The smallest absolute Gasteiger partial charge is 0.168 e. The maximum absolute atomic E-state index is 12.6. The van der Waals surface area contributed by atoms with Crippen LogP contribution >= 0.6 is 0 Å². The summed E-state index contributed by atoms with van der Waals surface area (Å²) in [4.78, 5) is 19.3. The van der Waals surface area contributed by atoms with E-state index in [4.69, 9.17) is 9.47 Å². The number of piperazine rings is 1. The molecular weight excluding hydrogens is 358 g/mol. The molecule has 2 N–H and O–H groups in total. The third-order valence-corrected chi connectivity index (χ3v) is 5.34. The average Bonchev–Trinajstić information content (AvgIpc) is 2.72. The fraction of sp³-hybridized carbons (Fsp3) is 0.524. The second kappa shape index (κ2) is 9.71. The summed E-state index contributed by atoms with van der Waals surface area (Å²) in [6.07, 6.45) is 2.31. The lowest BCUT2D eigenvalue weighted by Gasteiger charge is -2.26. The molecule has 0 saturated carbocycles. The second-order valence-electron chi connectivity index (χ2n) is 7.13. The van der Waals surface area contributed by atoms with E-state index in [0.717, 1.165) is 38.3 Å². The molecule has 1 fully saturated rings. The summed E-state index contributed by atoms with van der Waals surface area (Å²) in [7, 11) is 3.17. The lowest BCUT2D eigenvalue weighted by atomic mass is 9.83. The molecule has 1 heterocycles. The van der Waals surface area contributed by atoms with Crippen molar-refractivity contribution in [1.29, 1.82) is 0 Å². The van der Waals surface area contributed by atoms with Crippen LogP contribution in [0.25, 0.3) is 0 Å². The van der Waals surface area contributed by atoms with Gasteiger partial charge in [0.1, 0.15) is 5.76 Å². The normalized spacial score (nSPS) is 21.4. The quantitative estimate of drug-likeness (QED) is 0.696. The van der Waals surface area contributed by atoms with Crippen LogP contribution in [0, 0.1) is 0 Å². The number of allylic oxidation sites excluding steroid dienone is 2. The highest BCUT2D eigenvalue weighted by atomic mass is 16.5. The van der Waals surface area contributed by atoms with Gasteiger partial charge in [0, 0.05) is 51.8 Å². The summed E-state index contributed by atoms with van der Waals surface area (Å²) in [5.74, 6) is 1.23. The number of methoxy groups -OCH3 is 2. The van der Waals surface area contributed by atoms with Gasteiger partial charge in [-0.25, -0.2) is 0 Å². The van der Waals surface area contributed by atoms with Gasteiger partial charge in [-0.15, -0.1) is 0 Å². The molecule has 28 heavy (non-hydrogen) atoms. The van der Waals surface area contributed by atoms with E-state index in [-0.39, 0.29) is 17.5 Å². The maximum atomic E-state index is 12.6. The Kier molecular flexibility index (Phi) is 7.06. The summed E-state index contributed by atoms with van der Waals surface area (Å²) >= 11 is 0. The Morgan fingerprint density at radius 3 is 2.64 bits per heavy atom. The summed E-state index contributed by atoms with van der Waals surface area (Å²) in [6, 6.07) is 5.61. The van der Waals surface area contributed by atoms with Crippen LogP contribution in [-0.4, -0.2) is 75.5 Å². The van der Waals surface area contributed by atoms with Crippen LogP contribution < -0.4 is 14.8 Å². The first kappa shape index (κ1) is 20.4. The van der Waals surface area contributed by atoms with E-state index in [1.807, 2.05) is 18.2 Å². The molecule has 3 rings (SSSR count). The third kappa shape index (κ3) is 4.91. The molecule has 1 unspecified atom stereocenters. The Morgan fingerprint density at radius 2 is 1.96 bits per heavy atom. The largest absolute Gasteiger partial charge is 0.511 e. The van der Waals surface area contributed by atoms with Gasteiger partial charge < -0.3 is 19.9 Å². The molecule has 7 heteroatoms. The molecule has 0 amide bonds. The minimum absolute atomic E-state index is 0.0746. The van der Waals surface area contributed by atoms with Crippen LogP contribution in [0.2, 0.25) is 0 Å². The highest BCUT2D eigenvalue weighted by Gasteiger charge is 2.28. The van der Waals surface area contributed by atoms with Crippen molar-refractivity contribution in [3.8, 4) is 11.5 Å². The maximum Gasteiger partial charge on any atom is 0.168 e. The second-order valence-corrected chi connectivity index (χ2v) is 7.13. The number of aliphatic hydroxyl groups is 1. The summed E-state index contributed by atoms with van der Waals surface area (Å²) < 4.78 is 10.6. The molecule has 1 aromatic carbocycles. The van der Waals surface area contributed by atoms with Gasteiger partial charge in [0.05, 0.1) is 26.3 Å². The number of benzene rings is 1. The van der Waals surface area contributed by atoms with Crippen molar-refractivity contribution in [2.75, 3.05) is 53.5 Å². The van der Waals surface area contributed by atoms with Gasteiger partial charge in [0.2, 0.25) is 0 Å². The number of nitrogens with one attached hydrogen (secondary N) is 1. The minimum atomic E-state index is -0.0784. The molecule has 1 atom stereocenters. The first-order valence-corrected chi connectivity index (χ1v) is 9.72. The number of hydrogen-bond donors (Lipinski definition) is 2. The minimum Gasteiger partial charge on any atom is -0.511 e. The highest BCUT2D eigenvalue weighted by Crippen LogP contribution is 2.37. The number of rotatable bonds is 7. The number of Topliss-reactive ketones (excluding diaryl/α,β-unsaturated/α-hetero) is 1. The van der Waals surface area contributed by atoms with Gasteiger partial charge >= 0.3 is 0 Å². The van der Waals surface area contributed by atoms with E-state index in [2.05, 4.69) is 15.2 Å². The van der Waals surface area contributed by atoms with Crippen LogP contribution in [0.5, 0.6) is 11.5 Å². The Bertz CT molecular complexity index is 754. The Labute approximate surface area is 166 Å². The number of hydrogen-bond acceptors (Lipinski definition) is 7. The van der Waals surface area contributed by atoms with Gasteiger partial charge in [-0.2, -0.15) is 0 Å². The number of aliphatic imine (C=N–C) groups is 1. The Morgan fingerprint density at radius 1 is 1.21 bits per heavy atom. The van der Waals surface area contributed by atoms with Gasteiger partial charge in [-0.1, -0.05) is 6.07 Å². The van der Waals surface area contributed by atoms with Gasteiger partial charge in [0.25, 0.3) is 0 Å². The predicted molar refractivity (Wildman–Crippen MR) is 109 cm³/mol. The number of aliphatic hydroxyl groups excluding tert-OH is 1. The van der Waals surface area contributed by atoms with E-state index < -0.39 is 0 Å². The van der Waals surface area contributed by atoms with Crippen LogP contribution in [0.3, 0.4) is 0 Å². The third-order valence-electron chi connectivity index (χ3n) is 5.34. The van der Waals surface area contributed by atoms with E-state index in [1.165, 1.54) is 0 Å². The fourth-order valence-corrected chi connectivity index (χ4v) is 3.69. The van der Waals surface area contributed by atoms with Gasteiger partial charge in [-0.3, -0.25) is 14.7 Å². The topological polar surface area (TPSA) is 83.4 Å². The van der Waals surface area contributed by atoms with Crippen molar-refractivity contribution in [2.24, 2.45) is 4.99 Å². The zero-order valence-electron chi connectivity index (χ0n) is 16.6. The van der Waals surface area contributed by atoms with E-state index in [9.17, 15) is 9.90 Å². The van der Waals surface area contributed by atoms with Crippen LogP contribution in [0.1, 0.15) is 24.3 Å². The number of carbonyl (C=O) groups excluding carboxylic acids is 1. The van der Waals surface area contributed by atoms with Crippen LogP contribution in [-0.2, 0) is 4.79 Å². The first-order chi connectivity index (χ1) is 13.6. The molecule has 1 saturated heterocycles. The SMILES string of the molecule is COc1ccc(C2CC(=O)C(C=NCCN3CCNCC3)=C(O)C2)cc1OC. The monoisotopic (exact) mass is 387 g/mol. The van der Waals surface area contributed by atoms with Crippen molar-refractivity contribution in [1.82, 2.24) is 10.2 Å². The molecule has 152 valence electrons. The Hall–Kier alpha value is -2.38. The zero-order chi connectivity index (χ0) is 19.9. The molecule has 0 radical (unpaired) electrons. The van der Waals surface area contributed by atoms with E-state index in [1.54, 1.807) is 20.4 Å². The van der Waals surface area contributed by atoms with Crippen LogP contribution in [0.4, 0.5) is 0 Å². The number of ketones is 1. The molecule has 0 bridgehead atoms. The van der Waals surface area contributed by atoms with Crippen molar-refractivity contribution in [3.63, 3.8) is 0 Å². The lowest BCUT2D eigenvalue weighted by Crippen LogP contribution is -2.44. The van der Waals surface area contributed by atoms with Crippen LogP contribution in [0.15, 0.2) is 34.5 Å². The van der Waals surface area contributed by atoms with Gasteiger partial charge in [-0.05, 0) is 23.6 Å². The van der Waals surface area contributed by atoms with Crippen molar-refractivity contribution in [2.45, 2.75) is 18.8 Å².